The first-order valence-electron chi connectivity index (χ1n) is 31.6. The summed E-state index contributed by atoms with van der Waals surface area (Å²) in [6.45, 7) is 14.2. The van der Waals surface area contributed by atoms with Crippen LogP contribution in [0.3, 0.4) is 0 Å². The molecule has 82 heavy (non-hydrogen) atoms. The Morgan fingerprint density at radius 1 is 0.244 bits per heavy atom. The van der Waals surface area contributed by atoms with Gasteiger partial charge in [-0.1, -0.05) is 244 Å². The second-order valence-electron chi connectivity index (χ2n) is 23.2. The van der Waals surface area contributed by atoms with E-state index >= 15 is 0 Å². The minimum absolute atomic E-state index is 0.177. The van der Waals surface area contributed by atoms with Crippen molar-refractivity contribution in [3.05, 3.63) is 118 Å². The van der Waals surface area contributed by atoms with Crippen LogP contribution in [-0.2, 0) is 0 Å². The number of hydrogen-bond acceptors (Lipinski definition) is 0. The Hall–Kier alpha value is -3.33. The third kappa shape index (κ3) is 22.8. The zero-order valence-electron chi connectivity index (χ0n) is 50.5. The molecule has 0 aliphatic heterocycles. The van der Waals surface area contributed by atoms with Crippen molar-refractivity contribution in [1.29, 1.82) is 0 Å². The van der Waals surface area contributed by atoms with Gasteiger partial charge in [-0.05, 0) is 38.5 Å². The first-order chi connectivity index (χ1) is 39.4. The van der Waals surface area contributed by atoms with E-state index in [4.69, 9.17) is 4.17 Å². The van der Waals surface area contributed by atoms with E-state index in [0.717, 1.165) is 0 Å². The Balaban J connectivity index is 0.000000436. The summed E-state index contributed by atoms with van der Waals surface area (Å²) in [5, 5.41) is 0. The standard InChI is InChI=1S/C42H90NP2.C24H8BF12/c1-7-13-19-25-31-37-44(38-32-26-20-14-8-2,39-33-27-21-15-9-3)43-45(40-34-28-22-16-10-4,41-35-29-23-17-11-5)42-36-30-24-18-12-6;26-13-1-9(2-14(27)21(13)34)25(10-3-15(28)22(35)16(29)4-10,11-5-17(30)23(36)18(31)6-11)12-7-19(32)24(37)20(33)8-12/h7-42H2,1-6H3;1-8H/q+1;-1. The maximum atomic E-state index is 14.4. The molecule has 1 nitrogen and oxygen atoms in total. The van der Waals surface area contributed by atoms with Gasteiger partial charge in [0.25, 0.3) is 0 Å². The van der Waals surface area contributed by atoms with Crippen LogP contribution in [0.25, 0.3) is 0 Å². The summed E-state index contributed by atoms with van der Waals surface area (Å²) in [4.78, 5) is 0. The summed E-state index contributed by atoms with van der Waals surface area (Å²) in [5.74, 6) is -24.0. The lowest BCUT2D eigenvalue weighted by Crippen LogP contribution is -2.75. The first-order valence-corrected chi connectivity index (χ1v) is 36.2. The smallest absolute Gasteiger partial charge is 0.204 e. The molecule has 0 saturated carbocycles. The number of rotatable bonds is 40. The monoisotopic (exact) mass is 1210 g/mol. The molecule has 4 rings (SSSR count). The van der Waals surface area contributed by atoms with Gasteiger partial charge in [0.1, 0.15) is 6.15 Å². The second kappa shape index (κ2) is 39.4. The fraction of sp³-hybridized carbons (Fsp3) is 0.636. The number of nitrogens with zero attached hydrogens (tertiary/aromatic N) is 1. The van der Waals surface area contributed by atoms with E-state index in [1.165, 1.54) is 230 Å². The zero-order valence-corrected chi connectivity index (χ0v) is 52.3. The van der Waals surface area contributed by atoms with E-state index in [-0.39, 0.29) is 48.5 Å². The first kappa shape index (κ1) is 72.9. The van der Waals surface area contributed by atoms with Gasteiger partial charge in [-0.2, -0.15) is 26.0 Å². The van der Waals surface area contributed by atoms with Crippen LogP contribution >= 0.6 is 14.1 Å². The third-order valence-corrected chi connectivity index (χ3v) is 26.4. The number of unbranched alkanes of at least 4 members (excludes halogenated alkanes) is 24. The van der Waals surface area contributed by atoms with E-state index in [1.54, 1.807) is 0 Å². The van der Waals surface area contributed by atoms with Crippen molar-refractivity contribution in [3.8, 4) is 0 Å². The van der Waals surface area contributed by atoms with Gasteiger partial charge in [-0.15, -0.1) is 0 Å². The fourth-order valence-corrected chi connectivity index (χ4v) is 23.4. The van der Waals surface area contributed by atoms with Crippen molar-refractivity contribution < 1.29 is 52.7 Å². The number of benzene rings is 4. The summed E-state index contributed by atoms with van der Waals surface area (Å²) in [7, 11) is -2.55. The quantitative estimate of drug-likeness (QED) is 0.0105. The van der Waals surface area contributed by atoms with Gasteiger partial charge in [-0.3, -0.25) is 0 Å². The van der Waals surface area contributed by atoms with Crippen LogP contribution in [0.15, 0.2) is 48.5 Å². The van der Waals surface area contributed by atoms with E-state index in [9.17, 15) is 52.7 Å². The number of halogens is 12. The minimum Gasteiger partial charge on any atom is -0.204 e. The predicted octanol–water partition coefficient (Wildman–Crippen LogP) is 21.0. The van der Waals surface area contributed by atoms with Gasteiger partial charge in [0.2, 0.25) is 14.1 Å². The third-order valence-electron chi connectivity index (χ3n) is 16.5. The van der Waals surface area contributed by atoms with Gasteiger partial charge < -0.3 is 0 Å². The molecular formula is C66H98BF12NP2. The molecule has 0 radical (unpaired) electrons. The van der Waals surface area contributed by atoms with Crippen LogP contribution in [0.1, 0.15) is 234 Å². The van der Waals surface area contributed by atoms with Gasteiger partial charge in [0.05, 0.1) is 0 Å². The SMILES string of the molecule is CCCCCCCP(CCCCCCC)(CCCCCCC)=[N+]=P(CCCCCCC)(CCCCCCC)CCCCCCC.Fc1cc([B-](c2cc(F)c(F)c(F)c2)(c2cc(F)c(F)c(F)c2)c2cc(F)c(F)c(F)c2)cc(F)c1F. The molecule has 4 aromatic rings. The van der Waals surface area contributed by atoms with Crippen LogP contribution in [-0.4, -0.2) is 43.1 Å². The molecule has 0 N–H and O–H groups in total. The average Bonchev–Trinajstić information content (AvgIpc) is 3.44. The zero-order chi connectivity index (χ0) is 60.6. The Kier molecular flexibility index (Phi) is 35.0. The van der Waals surface area contributed by atoms with Crippen molar-refractivity contribution in [1.82, 2.24) is 4.17 Å². The van der Waals surface area contributed by atoms with Crippen LogP contribution in [0.2, 0.25) is 0 Å². The van der Waals surface area contributed by atoms with E-state index in [2.05, 4.69) is 41.5 Å². The van der Waals surface area contributed by atoms with Crippen molar-refractivity contribution in [2.75, 3.05) is 37.0 Å². The highest BCUT2D eigenvalue weighted by Crippen LogP contribution is 2.56. The van der Waals surface area contributed by atoms with E-state index < -0.39 is 112 Å². The van der Waals surface area contributed by atoms with Crippen molar-refractivity contribution in [2.24, 2.45) is 0 Å². The molecule has 16 heteroatoms. The largest absolute Gasteiger partial charge is 0.216 e. The molecule has 4 aromatic carbocycles. The molecule has 0 heterocycles. The summed E-state index contributed by atoms with van der Waals surface area (Å²) >= 11 is 0. The lowest BCUT2D eigenvalue weighted by molar-refractivity contribution is 0.447. The van der Waals surface area contributed by atoms with Gasteiger partial charge in [-0.25, -0.2) is 52.7 Å². The average molecular weight is 1210 g/mol. The molecule has 0 spiro atoms. The second-order valence-corrected chi connectivity index (χ2v) is 30.9. The Labute approximate surface area is 486 Å². The van der Waals surface area contributed by atoms with Crippen LogP contribution < -0.4 is 26.0 Å². The Bertz CT molecular complexity index is 2150. The Morgan fingerprint density at radius 2 is 0.390 bits per heavy atom. The summed E-state index contributed by atoms with van der Waals surface area (Å²) in [5.41, 5.74) is -3.79. The molecule has 0 amide bonds. The topological polar surface area (TPSA) is 14.1 Å². The maximum Gasteiger partial charge on any atom is 0.216 e. The van der Waals surface area contributed by atoms with Gasteiger partial charge in [0, 0.05) is 37.0 Å². The molecule has 0 bridgehead atoms. The van der Waals surface area contributed by atoms with Crippen LogP contribution in [0.4, 0.5) is 52.7 Å². The van der Waals surface area contributed by atoms with Gasteiger partial charge in [0.15, 0.2) is 69.8 Å². The van der Waals surface area contributed by atoms with Crippen molar-refractivity contribution in [2.45, 2.75) is 234 Å². The minimum atomic E-state index is -4.01. The van der Waals surface area contributed by atoms with Crippen molar-refractivity contribution >= 4 is 42.1 Å². The lowest BCUT2D eigenvalue weighted by atomic mass is 9.13. The fourth-order valence-electron chi connectivity index (χ4n) is 11.9. The normalized spacial score (nSPS) is 12.0. The molecule has 0 fully saturated rings. The van der Waals surface area contributed by atoms with E-state index in [1.807, 2.05) is 0 Å². The number of hydrogen-bond donors (Lipinski definition) is 0. The van der Waals surface area contributed by atoms with Crippen LogP contribution in [0, 0.1) is 69.8 Å². The molecule has 0 unspecified atom stereocenters. The lowest BCUT2D eigenvalue weighted by Gasteiger charge is -2.44. The Morgan fingerprint density at radius 3 is 0.537 bits per heavy atom. The highest BCUT2D eigenvalue weighted by atomic mass is 31.2. The highest BCUT2D eigenvalue weighted by Gasteiger charge is 2.38. The van der Waals surface area contributed by atoms with Gasteiger partial charge >= 0.3 is 0 Å². The summed E-state index contributed by atoms with van der Waals surface area (Å²) < 4.78 is 177. The summed E-state index contributed by atoms with van der Waals surface area (Å²) in [6.07, 6.45) is 48.2. The molecule has 0 aliphatic rings. The highest BCUT2D eigenvalue weighted by molar-refractivity contribution is 7.73. The van der Waals surface area contributed by atoms with Crippen LogP contribution in [0.5, 0.6) is 0 Å². The molecule has 464 valence electrons. The summed E-state index contributed by atoms with van der Waals surface area (Å²) in [6, 6.07) is 1.41. The molecule has 0 aliphatic carbocycles. The maximum absolute atomic E-state index is 14.4. The predicted molar refractivity (Wildman–Crippen MR) is 327 cm³/mol. The molecule has 0 aromatic heterocycles. The van der Waals surface area contributed by atoms with Crippen molar-refractivity contribution in [3.63, 3.8) is 0 Å². The molecule has 0 atom stereocenters. The van der Waals surface area contributed by atoms with E-state index in [0.29, 0.717) is 0 Å². The molecule has 0 saturated heterocycles. The molecular weight excluding hydrogens is 1110 g/mol.